The lowest BCUT2D eigenvalue weighted by Gasteiger charge is -2.08. The number of aryl methyl sites for hydroxylation is 1. The summed E-state index contributed by atoms with van der Waals surface area (Å²) in [4.78, 5) is 1.46. The van der Waals surface area contributed by atoms with Gasteiger partial charge in [0.05, 0.1) is 0 Å². The Morgan fingerprint density at radius 2 is 2.00 bits per heavy atom. The molecule has 0 aliphatic carbocycles. The summed E-state index contributed by atoms with van der Waals surface area (Å²) in [6.07, 6.45) is 0. The Morgan fingerprint density at radius 3 is 2.60 bits per heavy atom. The summed E-state index contributed by atoms with van der Waals surface area (Å²) in [5, 5.41) is 9.03. The third-order valence-electron chi connectivity index (χ3n) is 2.28. The van der Waals surface area contributed by atoms with Gasteiger partial charge in [0, 0.05) is 24.5 Å². The van der Waals surface area contributed by atoms with Gasteiger partial charge < -0.3 is 10.6 Å². The molecule has 15 heavy (non-hydrogen) atoms. The maximum atomic E-state index is 3.45. The monoisotopic (exact) mass is 226 g/mol. The van der Waals surface area contributed by atoms with E-state index in [2.05, 4.69) is 42.9 Å². The summed E-state index contributed by atoms with van der Waals surface area (Å²) in [5.41, 5.74) is 1.41. The zero-order valence-electron chi connectivity index (χ0n) is 9.97. The third kappa shape index (κ3) is 5.30. The molecular weight excluding hydrogens is 204 g/mol. The molecule has 3 heteroatoms. The Labute approximate surface area is 97.1 Å². The number of rotatable bonds is 7. The molecule has 1 heterocycles. The first-order valence-corrected chi connectivity index (χ1v) is 6.52. The van der Waals surface area contributed by atoms with Crippen molar-refractivity contribution in [2.75, 3.05) is 19.6 Å². The average Bonchev–Trinajstić information content (AvgIpc) is 2.57. The van der Waals surface area contributed by atoms with Crippen LogP contribution in [-0.2, 0) is 6.54 Å². The molecule has 0 aliphatic rings. The third-order valence-corrected chi connectivity index (χ3v) is 3.31. The van der Waals surface area contributed by atoms with Crippen LogP contribution in [0, 0.1) is 12.8 Å². The smallest absolute Gasteiger partial charge is 0.0302 e. The van der Waals surface area contributed by atoms with E-state index in [1.165, 1.54) is 10.4 Å². The Morgan fingerprint density at radius 1 is 1.27 bits per heavy atom. The lowest BCUT2D eigenvalue weighted by atomic mass is 10.2. The van der Waals surface area contributed by atoms with Gasteiger partial charge in [0.15, 0.2) is 0 Å². The van der Waals surface area contributed by atoms with Gasteiger partial charge in [0.1, 0.15) is 0 Å². The van der Waals surface area contributed by atoms with E-state index < -0.39 is 0 Å². The highest BCUT2D eigenvalue weighted by Gasteiger charge is 1.98. The maximum Gasteiger partial charge on any atom is 0.0302 e. The van der Waals surface area contributed by atoms with Crippen LogP contribution in [0.2, 0.25) is 0 Å². The van der Waals surface area contributed by atoms with Gasteiger partial charge in [-0.2, -0.15) is 0 Å². The van der Waals surface area contributed by atoms with Gasteiger partial charge in [0.25, 0.3) is 0 Å². The van der Waals surface area contributed by atoms with Crippen molar-refractivity contribution < 1.29 is 0 Å². The van der Waals surface area contributed by atoms with Crippen molar-refractivity contribution in [2.24, 2.45) is 5.92 Å². The van der Waals surface area contributed by atoms with Crippen molar-refractivity contribution in [1.29, 1.82) is 0 Å². The highest BCUT2D eigenvalue weighted by Crippen LogP contribution is 2.14. The van der Waals surface area contributed by atoms with Crippen molar-refractivity contribution in [3.63, 3.8) is 0 Å². The molecule has 0 aromatic carbocycles. The average molecular weight is 226 g/mol. The van der Waals surface area contributed by atoms with Crippen LogP contribution in [0.4, 0.5) is 0 Å². The Balaban J connectivity index is 2.00. The van der Waals surface area contributed by atoms with Crippen LogP contribution >= 0.6 is 11.3 Å². The Kier molecular flexibility index (Phi) is 5.91. The normalized spacial score (nSPS) is 11.2. The van der Waals surface area contributed by atoms with Crippen molar-refractivity contribution in [1.82, 2.24) is 10.6 Å². The maximum absolute atomic E-state index is 3.45. The highest BCUT2D eigenvalue weighted by molar-refractivity contribution is 7.10. The summed E-state index contributed by atoms with van der Waals surface area (Å²) in [6.45, 7) is 10.9. The quantitative estimate of drug-likeness (QED) is 0.698. The molecule has 86 valence electrons. The summed E-state index contributed by atoms with van der Waals surface area (Å²) >= 11 is 1.84. The van der Waals surface area contributed by atoms with E-state index in [1.54, 1.807) is 0 Å². The molecule has 0 radical (unpaired) electrons. The van der Waals surface area contributed by atoms with Gasteiger partial charge in [-0.25, -0.2) is 0 Å². The molecule has 0 amide bonds. The molecule has 0 fully saturated rings. The molecule has 0 saturated carbocycles. The Hall–Kier alpha value is -0.380. The summed E-state index contributed by atoms with van der Waals surface area (Å²) in [7, 11) is 0. The second-order valence-corrected chi connectivity index (χ2v) is 5.30. The second kappa shape index (κ2) is 6.99. The summed E-state index contributed by atoms with van der Waals surface area (Å²) < 4.78 is 0. The van der Waals surface area contributed by atoms with Gasteiger partial charge in [-0.3, -0.25) is 0 Å². The first kappa shape index (κ1) is 12.7. The van der Waals surface area contributed by atoms with Gasteiger partial charge >= 0.3 is 0 Å². The van der Waals surface area contributed by atoms with E-state index in [1.807, 2.05) is 11.3 Å². The molecule has 1 aromatic heterocycles. The first-order chi connectivity index (χ1) is 7.20. The molecule has 2 nitrogen and oxygen atoms in total. The van der Waals surface area contributed by atoms with Gasteiger partial charge in [-0.15, -0.1) is 11.3 Å². The fourth-order valence-corrected chi connectivity index (χ4v) is 2.23. The molecule has 0 atom stereocenters. The first-order valence-electron chi connectivity index (χ1n) is 5.64. The second-order valence-electron chi connectivity index (χ2n) is 4.30. The van der Waals surface area contributed by atoms with Crippen molar-refractivity contribution >= 4 is 11.3 Å². The van der Waals surface area contributed by atoms with Crippen LogP contribution in [-0.4, -0.2) is 19.6 Å². The number of nitrogens with one attached hydrogen (secondary N) is 2. The SMILES string of the molecule is Cc1ccsc1CNCCNCC(C)C. The van der Waals surface area contributed by atoms with Crippen molar-refractivity contribution in [3.8, 4) is 0 Å². The van der Waals surface area contributed by atoms with E-state index in [0.29, 0.717) is 0 Å². The van der Waals surface area contributed by atoms with E-state index in [9.17, 15) is 0 Å². The van der Waals surface area contributed by atoms with Crippen LogP contribution in [0.3, 0.4) is 0 Å². The van der Waals surface area contributed by atoms with E-state index in [-0.39, 0.29) is 0 Å². The summed E-state index contributed by atoms with van der Waals surface area (Å²) in [5.74, 6) is 0.740. The molecule has 0 aliphatic heterocycles. The lowest BCUT2D eigenvalue weighted by Crippen LogP contribution is -2.29. The fraction of sp³-hybridized carbons (Fsp3) is 0.667. The highest BCUT2D eigenvalue weighted by atomic mass is 32.1. The summed E-state index contributed by atoms with van der Waals surface area (Å²) in [6, 6.07) is 2.18. The number of hydrogen-bond donors (Lipinski definition) is 2. The van der Waals surface area contributed by atoms with E-state index in [0.717, 1.165) is 32.1 Å². The molecular formula is C12H22N2S. The number of hydrogen-bond acceptors (Lipinski definition) is 3. The van der Waals surface area contributed by atoms with Crippen LogP contribution in [0.15, 0.2) is 11.4 Å². The minimum atomic E-state index is 0.740. The van der Waals surface area contributed by atoms with Crippen LogP contribution in [0.5, 0.6) is 0 Å². The van der Waals surface area contributed by atoms with Crippen LogP contribution < -0.4 is 10.6 Å². The number of thiophene rings is 1. The largest absolute Gasteiger partial charge is 0.315 e. The molecule has 0 spiro atoms. The molecule has 0 saturated heterocycles. The fourth-order valence-electron chi connectivity index (χ4n) is 1.35. The van der Waals surface area contributed by atoms with Gasteiger partial charge in [-0.1, -0.05) is 13.8 Å². The molecule has 0 unspecified atom stereocenters. The van der Waals surface area contributed by atoms with Crippen LogP contribution in [0.1, 0.15) is 24.3 Å². The van der Waals surface area contributed by atoms with E-state index >= 15 is 0 Å². The van der Waals surface area contributed by atoms with E-state index in [4.69, 9.17) is 0 Å². The lowest BCUT2D eigenvalue weighted by molar-refractivity contribution is 0.536. The Bertz CT molecular complexity index is 268. The predicted molar refractivity (Wildman–Crippen MR) is 68.5 cm³/mol. The zero-order chi connectivity index (χ0) is 11.1. The van der Waals surface area contributed by atoms with Gasteiger partial charge in [-0.05, 0) is 36.4 Å². The minimum Gasteiger partial charge on any atom is -0.315 e. The predicted octanol–water partition coefficient (Wildman–Crippen LogP) is 2.39. The standard InChI is InChI=1S/C12H22N2S/c1-10(2)8-13-5-6-14-9-12-11(3)4-7-15-12/h4,7,10,13-14H,5-6,8-9H2,1-3H3. The van der Waals surface area contributed by atoms with Crippen LogP contribution in [0.25, 0.3) is 0 Å². The molecule has 1 aromatic rings. The van der Waals surface area contributed by atoms with Crippen molar-refractivity contribution in [3.05, 3.63) is 21.9 Å². The topological polar surface area (TPSA) is 24.1 Å². The molecule has 1 rings (SSSR count). The molecule has 0 bridgehead atoms. The van der Waals surface area contributed by atoms with Gasteiger partial charge in [0.2, 0.25) is 0 Å². The zero-order valence-corrected chi connectivity index (χ0v) is 10.8. The minimum absolute atomic E-state index is 0.740. The van der Waals surface area contributed by atoms with Crippen molar-refractivity contribution in [2.45, 2.75) is 27.3 Å². The molecule has 2 N–H and O–H groups in total.